The molecule has 1 amide bonds. The molecule has 1 N–H and O–H groups in total. The van der Waals surface area contributed by atoms with Crippen molar-refractivity contribution in [1.29, 1.82) is 5.26 Å². The van der Waals surface area contributed by atoms with Crippen LogP contribution in [0.2, 0.25) is 0 Å². The van der Waals surface area contributed by atoms with Crippen LogP contribution in [-0.2, 0) is 16.7 Å². The van der Waals surface area contributed by atoms with Gasteiger partial charge < -0.3 is 19.3 Å². The van der Waals surface area contributed by atoms with Gasteiger partial charge in [0.1, 0.15) is 24.0 Å². The van der Waals surface area contributed by atoms with Crippen LogP contribution in [0.1, 0.15) is 37.0 Å². The van der Waals surface area contributed by atoms with Crippen molar-refractivity contribution < 1.29 is 18.8 Å². The molecule has 0 unspecified atom stereocenters. The second-order valence-corrected chi connectivity index (χ2v) is 8.03. The van der Waals surface area contributed by atoms with Gasteiger partial charge in [-0.25, -0.2) is 4.79 Å². The van der Waals surface area contributed by atoms with Crippen molar-refractivity contribution >= 4 is 6.09 Å². The first kappa shape index (κ1) is 19.1. The number of amides is 1. The Labute approximate surface area is 178 Å². The van der Waals surface area contributed by atoms with Crippen molar-refractivity contribution in [2.75, 3.05) is 6.61 Å². The molecule has 156 valence electrons. The molecule has 1 saturated heterocycles. The lowest BCUT2D eigenvalue weighted by Gasteiger charge is -2.21. The van der Waals surface area contributed by atoms with Crippen molar-refractivity contribution in [2.24, 2.45) is 0 Å². The summed E-state index contributed by atoms with van der Waals surface area (Å²) in [6.07, 6.45) is 1.11. The lowest BCUT2D eigenvalue weighted by Crippen LogP contribution is -2.38. The number of rotatable bonds is 4. The van der Waals surface area contributed by atoms with Crippen molar-refractivity contribution in [3.63, 3.8) is 0 Å². The van der Waals surface area contributed by atoms with E-state index >= 15 is 0 Å². The zero-order valence-corrected chi connectivity index (χ0v) is 17.1. The lowest BCUT2D eigenvalue weighted by molar-refractivity contribution is 0.172. The highest BCUT2D eigenvalue weighted by Crippen LogP contribution is 2.43. The Morgan fingerprint density at radius 1 is 1.29 bits per heavy atom. The van der Waals surface area contributed by atoms with Gasteiger partial charge in [0, 0.05) is 11.1 Å². The molecule has 3 aromatic rings. The number of fused-ring (bicyclic) bond motifs is 2. The molecule has 1 fully saturated rings. The molecular formula is C23H20N4O4. The standard InChI is InChI=1S/C23H20N4O4/c1-13(2)30-19-7-6-14(10-15(19)11-24)21-25-20(27-31-21)17-4-3-5-18-16(17)8-9-23(18)12-29-22(28)26-23/h3-7,10,13H,8-9,12H2,1-2H3,(H,26,28)/t23-/m1/s1. The van der Waals surface area contributed by atoms with Crippen LogP contribution >= 0.6 is 0 Å². The summed E-state index contributed by atoms with van der Waals surface area (Å²) < 4.78 is 16.4. The summed E-state index contributed by atoms with van der Waals surface area (Å²) in [4.78, 5) is 16.2. The Morgan fingerprint density at radius 3 is 2.90 bits per heavy atom. The fraction of sp³-hybridized carbons (Fsp3) is 0.304. The quantitative estimate of drug-likeness (QED) is 0.686. The van der Waals surface area contributed by atoms with E-state index in [-0.39, 0.29) is 6.10 Å². The van der Waals surface area contributed by atoms with Gasteiger partial charge in [0.15, 0.2) is 0 Å². The second-order valence-electron chi connectivity index (χ2n) is 8.03. The van der Waals surface area contributed by atoms with Gasteiger partial charge in [-0.2, -0.15) is 10.2 Å². The summed E-state index contributed by atoms with van der Waals surface area (Å²) >= 11 is 0. The number of aromatic nitrogens is 2. The molecule has 5 rings (SSSR count). The summed E-state index contributed by atoms with van der Waals surface area (Å²) in [6, 6.07) is 13.3. The van der Waals surface area contributed by atoms with Crippen molar-refractivity contribution in [3.8, 4) is 34.7 Å². The lowest BCUT2D eigenvalue weighted by atomic mass is 9.92. The van der Waals surface area contributed by atoms with Crippen LogP contribution < -0.4 is 10.1 Å². The molecule has 1 atom stereocenters. The van der Waals surface area contributed by atoms with Crippen molar-refractivity contribution in [2.45, 2.75) is 38.3 Å². The van der Waals surface area contributed by atoms with Gasteiger partial charge in [0.25, 0.3) is 5.89 Å². The van der Waals surface area contributed by atoms with Crippen LogP contribution in [0.25, 0.3) is 22.8 Å². The highest BCUT2D eigenvalue weighted by atomic mass is 16.6. The first-order chi connectivity index (χ1) is 15.0. The molecule has 1 aliphatic carbocycles. The van der Waals surface area contributed by atoms with E-state index in [0.717, 1.165) is 29.5 Å². The smallest absolute Gasteiger partial charge is 0.408 e. The van der Waals surface area contributed by atoms with Crippen LogP contribution in [0.3, 0.4) is 0 Å². The SMILES string of the molecule is CC(C)Oc1ccc(-c2nc(-c3cccc4c3CC[C@@]43COC(=O)N3)no2)cc1C#N. The number of nitrogens with zero attached hydrogens (tertiary/aromatic N) is 3. The van der Waals surface area contributed by atoms with Gasteiger partial charge in [-0.05, 0) is 56.0 Å². The molecule has 2 aliphatic rings. The predicted molar refractivity (Wildman–Crippen MR) is 110 cm³/mol. The van der Waals surface area contributed by atoms with E-state index in [0.29, 0.717) is 35.2 Å². The van der Waals surface area contributed by atoms with Crippen LogP contribution in [0, 0.1) is 11.3 Å². The Morgan fingerprint density at radius 2 is 2.16 bits per heavy atom. The number of benzene rings is 2. The fourth-order valence-electron chi connectivity index (χ4n) is 4.28. The third kappa shape index (κ3) is 3.19. The number of carbonyl (C=O) groups excluding carboxylic acids is 1. The number of hydrogen-bond donors (Lipinski definition) is 1. The summed E-state index contributed by atoms with van der Waals surface area (Å²) in [7, 11) is 0. The number of nitrogens with one attached hydrogen (secondary N) is 1. The molecule has 31 heavy (non-hydrogen) atoms. The fourth-order valence-corrected chi connectivity index (χ4v) is 4.28. The number of nitriles is 1. The van der Waals surface area contributed by atoms with E-state index in [2.05, 4.69) is 21.5 Å². The number of carbonyl (C=O) groups is 1. The Hall–Kier alpha value is -3.86. The first-order valence-corrected chi connectivity index (χ1v) is 10.1. The Balaban J connectivity index is 1.49. The average molecular weight is 416 g/mol. The second kappa shape index (κ2) is 7.13. The van der Waals surface area contributed by atoms with Gasteiger partial charge in [-0.15, -0.1) is 0 Å². The zero-order valence-electron chi connectivity index (χ0n) is 17.1. The highest BCUT2D eigenvalue weighted by molar-refractivity contribution is 5.74. The molecule has 0 bridgehead atoms. The summed E-state index contributed by atoms with van der Waals surface area (Å²) in [6.45, 7) is 4.14. The normalized spacial score (nSPS) is 19.2. The van der Waals surface area contributed by atoms with Crippen LogP contribution in [0.5, 0.6) is 5.75 Å². The van der Waals surface area contributed by atoms with Crippen molar-refractivity contribution in [3.05, 3.63) is 53.1 Å². The largest absolute Gasteiger partial charge is 0.490 e. The van der Waals surface area contributed by atoms with Gasteiger partial charge in [0.05, 0.1) is 11.7 Å². The number of ether oxygens (including phenoxy) is 2. The Kier molecular flexibility index (Phi) is 4.40. The minimum absolute atomic E-state index is 0.0357. The van der Waals surface area contributed by atoms with E-state index in [1.54, 1.807) is 18.2 Å². The Bertz CT molecular complexity index is 1230. The number of cyclic esters (lactones) is 1. The topological polar surface area (TPSA) is 110 Å². The van der Waals surface area contributed by atoms with E-state index < -0.39 is 11.6 Å². The maximum Gasteiger partial charge on any atom is 0.408 e. The van der Waals surface area contributed by atoms with Crippen LogP contribution in [-0.4, -0.2) is 28.9 Å². The van der Waals surface area contributed by atoms with E-state index in [9.17, 15) is 10.1 Å². The predicted octanol–water partition coefficient (Wildman–Crippen LogP) is 3.94. The molecule has 0 radical (unpaired) electrons. The molecule has 1 aromatic heterocycles. The molecule has 8 nitrogen and oxygen atoms in total. The maximum absolute atomic E-state index is 11.7. The third-order valence-electron chi connectivity index (χ3n) is 5.66. The monoisotopic (exact) mass is 416 g/mol. The first-order valence-electron chi connectivity index (χ1n) is 10.1. The van der Waals surface area contributed by atoms with Crippen LogP contribution in [0.15, 0.2) is 40.9 Å². The summed E-state index contributed by atoms with van der Waals surface area (Å²) in [5, 5.41) is 16.6. The molecule has 8 heteroatoms. The zero-order chi connectivity index (χ0) is 21.6. The molecule has 1 aliphatic heterocycles. The third-order valence-corrected chi connectivity index (χ3v) is 5.66. The van der Waals surface area contributed by atoms with Gasteiger partial charge >= 0.3 is 6.09 Å². The summed E-state index contributed by atoms with van der Waals surface area (Å²) in [5.41, 5.74) is 3.55. The molecule has 2 aromatic carbocycles. The van der Waals surface area contributed by atoms with Gasteiger partial charge in [0.2, 0.25) is 5.82 Å². The molecule has 0 saturated carbocycles. The number of hydrogen-bond acceptors (Lipinski definition) is 7. The molecular weight excluding hydrogens is 396 g/mol. The van der Waals surface area contributed by atoms with E-state index in [1.165, 1.54) is 0 Å². The van der Waals surface area contributed by atoms with E-state index in [4.69, 9.17) is 14.0 Å². The van der Waals surface area contributed by atoms with Crippen molar-refractivity contribution in [1.82, 2.24) is 15.5 Å². The van der Waals surface area contributed by atoms with Gasteiger partial charge in [-0.3, -0.25) is 0 Å². The number of alkyl carbamates (subject to hydrolysis) is 1. The summed E-state index contributed by atoms with van der Waals surface area (Å²) in [5.74, 6) is 1.31. The van der Waals surface area contributed by atoms with Gasteiger partial charge in [-0.1, -0.05) is 23.4 Å². The average Bonchev–Trinajstić information content (AvgIpc) is 3.48. The maximum atomic E-state index is 11.7. The highest BCUT2D eigenvalue weighted by Gasteiger charge is 2.46. The minimum atomic E-state index is -0.483. The van der Waals surface area contributed by atoms with E-state index in [1.807, 2.05) is 32.0 Å². The molecule has 2 heterocycles. The van der Waals surface area contributed by atoms with Crippen LogP contribution in [0.4, 0.5) is 4.79 Å². The minimum Gasteiger partial charge on any atom is -0.490 e. The molecule has 1 spiro atoms.